The molecule has 1 aromatic carbocycles. The molecule has 2 N–H and O–H groups in total. The van der Waals surface area contributed by atoms with Crippen molar-refractivity contribution >= 4 is 35.0 Å². The molecule has 0 radical (unpaired) electrons. The smallest absolute Gasteiger partial charge is 0.254 e. The van der Waals surface area contributed by atoms with Crippen molar-refractivity contribution in [2.45, 2.75) is 26.3 Å². The lowest BCUT2D eigenvalue weighted by Gasteiger charge is -2.18. The summed E-state index contributed by atoms with van der Waals surface area (Å²) in [5, 5.41) is 10.3. The van der Waals surface area contributed by atoms with Crippen molar-refractivity contribution in [2.24, 2.45) is 0 Å². The second-order valence-electron chi connectivity index (χ2n) is 6.49. The predicted molar refractivity (Wildman–Crippen MR) is 98.4 cm³/mol. The van der Waals surface area contributed by atoms with Crippen molar-refractivity contribution in [3.8, 4) is 0 Å². The average Bonchev–Trinajstić information content (AvgIpc) is 3.04. The summed E-state index contributed by atoms with van der Waals surface area (Å²) in [5.74, 6) is -0.521. The molecule has 1 heterocycles. The molecule has 0 aliphatic carbocycles. The highest BCUT2D eigenvalue weighted by molar-refractivity contribution is 6.42. The first-order chi connectivity index (χ1) is 11.7. The van der Waals surface area contributed by atoms with Crippen LogP contribution >= 0.6 is 23.2 Å². The summed E-state index contributed by atoms with van der Waals surface area (Å²) in [4.78, 5) is 24.1. The monoisotopic (exact) mass is 382 g/mol. The number of nitrogens with zero attached hydrogens (tertiary/aromatic N) is 2. The molecule has 0 aliphatic heterocycles. The molecule has 0 spiro atoms. The Kier molecular flexibility index (Phi) is 6.08. The lowest BCUT2D eigenvalue weighted by molar-refractivity contribution is 0.0927. The summed E-state index contributed by atoms with van der Waals surface area (Å²) < 4.78 is 1.73. The Morgan fingerprint density at radius 2 is 1.64 bits per heavy atom. The van der Waals surface area contributed by atoms with Gasteiger partial charge in [-0.3, -0.25) is 14.3 Å². The third kappa shape index (κ3) is 5.21. The van der Waals surface area contributed by atoms with Gasteiger partial charge in [-0.15, -0.1) is 0 Å². The molecule has 0 atom stereocenters. The van der Waals surface area contributed by atoms with Crippen molar-refractivity contribution in [1.29, 1.82) is 0 Å². The van der Waals surface area contributed by atoms with Gasteiger partial charge in [-0.25, -0.2) is 0 Å². The van der Waals surface area contributed by atoms with Crippen molar-refractivity contribution in [3.05, 3.63) is 51.8 Å². The van der Waals surface area contributed by atoms with E-state index < -0.39 is 0 Å². The molecule has 0 aliphatic rings. The molecule has 0 saturated carbocycles. The summed E-state index contributed by atoms with van der Waals surface area (Å²) >= 11 is 11.7. The summed E-state index contributed by atoms with van der Waals surface area (Å²) in [6.45, 7) is 6.59. The Labute approximate surface area is 156 Å². The Balaban J connectivity index is 1.80. The number of hydrogen-bond donors (Lipinski definition) is 2. The first-order valence-corrected chi connectivity index (χ1v) is 8.50. The van der Waals surface area contributed by atoms with E-state index in [9.17, 15) is 9.59 Å². The zero-order valence-corrected chi connectivity index (χ0v) is 15.8. The van der Waals surface area contributed by atoms with Crippen LogP contribution in [0.2, 0.25) is 10.0 Å². The maximum Gasteiger partial charge on any atom is 0.254 e. The number of benzene rings is 1. The van der Waals surface area contributed by atoms with Crippen LogP contribution in [0.1, 0.15) is 41.5 Å². The van der Waals surface area contributed by atoms with E-state index in [-0.39, 0.29) is 23.9 Å². The molecule has 25 heavy (non-hydrogen) atoms. The van der Waals surface area contributed by atoms with Gasteiger partial charge in [0.25, 0.3) is 11.8 Å². The van der Waals surface area contributed by atoms with Crippen LogP contribution in [0.15, 0.2) is 30.6 Å². The standard InChI is InChI=1S/C17H20Cl2N4O2/c1-17(2,3)23-10-12(9-22-23)16(25)21-7-6-20-15(24)11-4-5-13(18)14(19)8-11/h4-5,8-10H,6-7H2,1-3H3,(H,20,24)(H,21,25). The van der Waals surface area contributed by atoms with E-state index in [1.807, 2.05) is 20.8 Å². The Morgan fingerprint density at radius 3 is 2.16 bits per heavy atom. The molecule has 0 unspecified atom stereocenters. The van der Waals surface area contributed by atoms with E-state index in [1.165, 1.54) is 12.3 Å². The van der Waals surface area contributed by atoms with Crippen LogP contribution in [0.3, 0.4) is 0 Å². The summed E-state index contributed by atoms with van der Waals surface area (Å²) in [5.41, 5.74) is 0.699. The van der Waals surface area contributed by atoms with E-state index >= 15 is 0 Å². The molecular formula is C17H20Cl2N4O2. The first-order valence-electron chi connectivity index (χ1n) is 7.75. The van der Waals surface area contributed by atoms with E-state index in [2.05, 4.69) is 15.7 Å². The summed E-state index contributed by atoms with van der Waals surface area (Å²) in [7, 11) is 0. The second kappa shape index (κ2) is 7.89. The van der Waals surface area contributed by atoms with E-state index in [0.717, 1.165) is 0 Å². The maximum atomic E-state index is 12.1. The summed E-state index contributed by atoms with van der Waals surface area (Å²) in [6, 6.07) is 4.65. The topological polar surface area (TPSA) is 76.0 Å². The highest BCUT2D eigenvalue weighted by atomic mass is 35.5. The van der Waals surface area contributed by atoms with Crippen LogP contribution in [0, 0.1) is 0 Å². The molecule has 1 aromatic heterocycles. The lowest BCUT2D eigenvalue weighted by Crippen LogP contribution is -2.34. The molecule has 6 nitrogen and oxygen atoms in total. The van der Waals surface area contributed by atoms with Gasteiger partial charge in [0.2, 0.25) is 0 Å². The maximum absolute atomic E-state index is 12.1. The number of carbonyl (C=O) groups is 2. The minimum Gasteiger partial charge on any atom is -0.350 e. The number of carbonyl (C=O) groups excluding carboxylic acids is 2. The SMILES string of the molecule is CC(C)(C)n1cc(C(=O)NCCNC(=O)c2ccc(Cl)c(Cl)c2)cn1. The zero-order chi connectivity index (χ0) is 18.6. The first kappa shape index (κ1) is 19.3. The molecular weight excluding hydrogens is 363 g/mol. The minimum atomic E-state index is -0.284. The average molecular weight is 383 g/mol. The fraction of sp³-hybridized carbons (Fsp3) is 0.353. The van der Waals surface area contributed by atoms with Gasteiger partial charge in [0.15, 0.2) is 0 Å². The van der Waals surface area contributed by atoms with E-state index in [4.69, 9.17) is 23.2 Å². The third-order valence-electron chi connectivity index (χ3n) is 3.41. The van der Waals surface area contributed by atoms with Crippen molar-refractivity contribution in [2.75, 3.05) is 13.1 Å². The van der Waals surface area contributed by atoms with E-state index in [1.54, 1.807) is 23.0 Å². The van der Waals surface area contributed by atoms with Crippen LogP contribution in [0.5, 0.6) is 0 Å². The number of hydrogen-bond acceptors (Lipinski definition) is 3. The number of rotatable bonds is 5. The van der Waals surface area contributed by atoms with Crippen LogP contribution in [0.4, 0.5) is 0 Å². The Morgan fingerprint density at radius 1 is 1.04 bits per heavy atom. The van der Waals surface area contributed by atoms with Gasteiger partial charge in [-0.05, 0) is 39.0 Å². The third-order valence-corrected chi connectivity index (χ3v) is 4.15. The van der Waals surface area contributed by atoms with Gasteiger partial charge in [0, 0.05) is 24.8 Å². The number of amides is 2. The van der Waals surface area contributed by atoms with Gasteiger partial charge in [0.1, 0.15) is 0 Å². The largest absolute Gasteiger partial charge is 0.350 e. The van der Waals surface area contributed by atoms with Crippen LogP contribution < -0.4 is 10.6 Å². The highest BCUT2D eigenvalue weighted by Crippen LogP contribution is 2.22. The Bertz CT molecular complexity index is 781. The fourth-order valence-electron chi connectivity index (χ4n) is 2.00. The normalized spacial score (nSPS) is 11.2. The second-order valence-corrected chi connectivity index (χ2v) is 7.30. The molecule has 0 bridgehead atoms. The van der Waals surface area contributed by atoms with Gasteiger partial charge in [0.05, 0.1) is 27.3 Å². The van der Waals surface area contributed by atoms with E-state index in [0.29, 0.717) is 27.7 Å². The molecule has 2 rings (SSSR count). The molecule has 2 amide bonds. The zero-order valence-electron chi connectivity index (χ0n) is 14.3. The Hall–Kier alpha value is -2.05. The molecule has 134 valence electrons. The molecule has 0 saturated heterocycles. The molecule has 2 aromatic rings. The van der Waals surface area contributed by atoms with Crippen molar-refractivity contribution < 1.29 is 9.59 Å². The molecule has 0 fully saturated rings. The van der Waals surface area contributed by atoms with Crippen LogP contribution in [0.25, 0.3) is 0 Å². The van der Waals surface area contributed by atoms with Gasteiger partial charge < -0.3 is 10.6 Å². The number of aromatic nitrogens is 2. The number of halogens is 2. The van der Waals surface area contributed by atoms with Crippen LogP contribution in [-0.2, 0) is 5.54 Å². The van der Waals surface area contributed by atoms with Crippen molar-refractivity contribution in [3.63, 3.8) is 0 Å². The lowest BCUT2D eigenvalue weighted by atomic mass is 10.1. The quantitative estimate of drug-likeness (QED) is 0.779. The minimum absolute atomic E-state index is 0.188. The van der Waals surface area contributed by atoms with Gasteiger partial charge >= 0.3 is 0 Å². The van der Waals surface area contributed by atoms with Crippen molar-refractivity contribution in [1.82, 2.24) is 20.4 Å². The van der Waals surface area contributed by atoms with Gasteiger partial charge in [-0.2, -0.15) is 5.10 Å². The van der Waals surface area contributed by atoms with Gasteiger partial charge in [-0.1, -0.05) is 23.2 Å². The van der Waals surface area contributed by atoms with Crippen LogP contribution in [-0.4, -0.2) is 34.7 Å². The fourth-order valence-corrected chi connectivity index (χ4v) is 2.30. The highest BCUT2D eigenvalue weighted by Gasteiger charge is 2.16. The number of nitrogens with one attached hydrogen (secondary N) is 2. The predicted octanol–water partition coefficient (Wildman–Crippen LogP) is 3.10. The summed E-state index contributed by atoms with van der Waals surface area (Å²) in [6.07, 6.45) is 3.22. The molecule has 8 heteroatoms.